The highest BCUT2D eigenvalue weighted by atomic mass is 79.9. The molecule has 0 aliphatic heterocycles. The van der Waals surface area contributed by atoms with E-state index >= 15 is 0 Å². The molecule has 116 valence electrons. The molecule has 6 nitrogen and oxygen atoms in total. The van der Waals surface area contributed by atoms with Crippen molar-refractivity contribution < 1.29 is 4.79 Å². The summed E-state index contributed by atoms with van der Waals surface area (Å²) in [5, 5.41) is 10.9. The number of benzene rings is 1. The first kappa shape index (κ1) is 15.4. The molecule has 0 radical (unpaired) electrons. The zero-order valence-corrected chi connectivity index (χ0v) is 14.2. The third kappa shape index (κ3) is 3.29. The van der Waals surface area contributed by atoms with Gasteiger partial charge in [0.25, 0.3) is 5.91 Å². The van der Waals surface area contributed by atoms with Crippen molar-refractivity contribution in [2.75, 3.05) is 5.32 Å². The van der Waals surface area contributed by atoms with Crippen LogP contribution in [-0.4, -0.2) is 25.7 Å². The van der Waals surface area contributed by atoms with Gasteiger partial charge in [-0.1, -0.05) is 15.9 Å². The van der Waals surface area contributed by atoms with E-state index in [1.165, 1.54) is 0 Å². The van der Waals surface area contributed by atoms with Crippen LogP contribution in [0.25, 0.3) is 5.82 Å². The fourth-order valence-electron chi connectivity index (χ4n) is 2.15. The Bertz CT molecular complexity index is 857. The van der Waals surface area contributed by atoms with Gasteiger partial charge in [0.15, 0.2) is 11.5 Å². The third-order valence-electron chi connectivity index (χ3n) is 3.39. The molecule has 0 atom stereocenters. The Labute approximate surface area is 141 Å². The fourth-order valence-corrected chi connectivity index (χ4v) is 2.62. The molecule has 0 aliphatic rings. The second-order valence-electron chi connectivity index (χ2n) is 5.03. The van der Waals surface area contributed by atoms with Crippen molar-refractivity contribution in [3.63, 3.8) is 0 Å². The molecule has 1 aromatic carbocycles. The molecule has 2 aromatic heterocycles. The highest BCUT2D eigenvalue weighted by Crippen LogP contribution is 2.20. The maximum atomic E-state index is 12.3. The van der Waals surface area contributed by atoms with E-state index in [1.54, 1.807) is 29.1 Å². The number of anilines is 1. The van der Waals surface area contributed by atoms with E-state index in [2.05, 4.69) is 36.4 Å². The van der Waals surface area contributed by atoms with Crippen LogP contribution in [0.1, 0.15) is 21.9 Å². The summed E-state index contributed by atoms with van der Waals surface area (Å²) in [6.07, 6.45) is 3.48. The Balaban J connectivity index is 1.79. The number of amides is 1. The van der Waals surface area contributed by atoms with Crippen molar-refractivity contribution in [1.29, 1.82) is 0 Å². The van der Waals surface area contributed by atoms with Gasteiger partial charge in [0.1, 0.15) is 5.82 Å². The predicted molar refractivity (Wildman–Crippen MR) is 90.7 cm³/mol. The molecule has 2 heterocycles. The first-order valence-corrected chi connectivity index (χ1v) is 7.75. The Morgan fingerprint density at radius 3 is 2.61 bits per heavy atom. The van der Waals surface area contributed by atoms with Gasteiger partial charge in [-0.05, 0) is 49.7 Å². The molecule has 0 fully saturated rings. The molecule has 3 rings (SSSR count). The topological polar surface area (TPSA) is 72.7 Å². The molecular formula is C16H14BrN5O. The molecule has 0 bridgehead atoms. The lowest BCUT2D eigenvalue weighted by Gasteiger charge is -2.08. The number of hydrogen-bond donors (Lipinski definition) is 1. The van der Waals surface area contributed by atoms with Crippen LogP contribution in [0, 0.1) is 13.8 Å². The third-order valence-corrected chi connectivity index (χ3v) is 3.89. The highest BCUT2D eigenvalue weighted by molar-refractivity contribution is 9.10. The monoisotopic (exact) mass is 371 g/mol. The number of rotatable bonds is 3. The number of halogens is 1. The zero-order chi connectivity index (χ0) is 16.4. The quantitative estimate of drug-likeness (QED) is 0.766. The second kappa shape index (κ2) is 6.29. The van der Waals surface area contributed by atoms with Crippen LogP contribution < -0.4 is 5.32 Å². The van der Waals surface area contributed by atoms with Gasteiger partial charge >= 0.3 is 0 Å². The van der Waals surface area contributed by atoms with Crippen molar-refractivity contribution in [2.24, 2.45) is 0 Å². The van der Waals surface area contributed by atoms with Crippen LogP contribution in [0.3, 0.4) is 0 Å². The van der Waals surface area contributed by atoms with Crippen molar-refractivity contribution >= 4 is 27.5 Å². The lowest BCUT2D eigenvalue weighted by atomic mass is 10.2. The Kier molecular flexibility index (Phi) is 4.20. The minimum Gasteiger partial charge on any atom is -0.320 e. The molecule has 1 N–H and O–H groups in total. The molecule has 0 saturated carbocycles. The summed E-state index contributed by atoms with van der Waals surface area (Å²) < 4.78 is 2.76. The maximum absolute atomic E-state index is 12.3. The van der Waals surface area contributed by atoms with Crippen LogP contribution in [0.15, 0.2) is 47.2 Å². The van der Waals surface area contributed by atoms with E-state index < -0.39 is 0 Å². The summed E-state index contributed by atoms with van der Waals surface area (Å²) in [4.78, 5) is 16.4. The van der Waals surface area contributed by atoms with E-state index in [1.807, 2.05) is 32.0 Å². The first-order valence-electron chi connectivity index (χ1n) is 6.96. The van der Waals surface area contributed by atoms with Crippen molar-refractivity contribution in [1.82, 2.24) is 19.7 Å². The van der Waals surface area contributed by atoms with E-state index in [0.717, 1.165) is 21.5 Å². The molecule has 0 spiro atoms. The van der Waals surface area contributed by atoms with Gasteiger partial charge < -0.3 is 5.32 Å². The summed E-state index contributed by atoms with van der Waals surface area (Å²) in [6.45, 7) is 3.80. The molecule has 23 heavy (non-hydrogen) atoms. The van der Waals surface area contributed by atoms with Crippen LogP contribution in [0.2, 0.25) is 0 Å². The molecule has 1 amide bonds. The summed E-state index contributed by atoms with van der Waals surface area (Å²) in [5.41, 5.74) is 1.97. The van der Waals surface area contributed by atoms with E-state index in [4.69, 9.17) is 0 Å². The van der Waals surface area contributed by atoms with Gasteiger partial charge in [-0.2, -0.15) is 0 Å². The minimum absolute atomic E-state index is 0.258. The van der Waals surface area contributed by atoms with Gasteiger partial charge in [0, 0.05) is 22.6 Å². The highest BCUT2D eigenvalue weighted by Gasteiger charge is 2.11. The largest absolute Gasteiger partial charge is 0.320 e. The van der Waals surface area contributed by atoms with Crippen LogP contribution in [-0.2, 0) is 0 Å². The van der Waals surface area contributed by atoms with Gasteiger partial charge in [-0.15, -0.1) is 10.2 Å². The van der Waals surface area contributed by atoms with E-state index in [0.29, 0.717) is 5.82 Å². The minimum atomic E-state index is -0.295. The molecule has 7 heteroatoms. The number of carbonyl (C=O) groups excluding carboxylic acids is 1. The van der Waals surface area contributed by atoms with Crippen molar-refractivity contribution in [2.45, 2.75) is 13.8 Å². The molecule has 0 aliphatic carbocycles. The summed E-state index contributed by atoms with van der Waals surface area (Å²) in [6, 6.07) is 9.04. The predicted octanol–water partition coefficient (Wildman–Crippen LogP) is 3.29. The lowest BCUT2D eigenvalue weighted by Crippen LogP contribution is -2.15. The number of carbonyl (C=O) groups is 1. The van der Waals surface area contributed by atoms with Crippen LogP contribution >= 0.6 is 15.9 Å². The summed E-state index contributed by atoms with van der Waals surface area (Å²) in [5.74, 6) is 1.13. The summed E-state index contributed by atoms with van der Waals surface area (Å²) in [7, 11) is 0. The number of aryl methyl sites for hydroxylation is 2. The van der Waals surface area contributed by atoms with Crippen LogP contribution in [0.4, 0.5) is 5.69 Å². The normalized spacial score (nSPS) is 10.6. The lowest BCUT2D eigenvalue weighted by molar-refractivity contribution is 0.102. The Hall–Kier alpha value is -2.54. The number of imidazole rings is 1. The molecule has 0 saturated heterocycles. The number of nitrogens with one attached hydrogen (secondary N) is 1. The number of aromatic nitrogens is 4. The van der Waals surface area contributed by atoms with Gasteiger partial charge in [0.2, 0.25) is 0 Å². The van der Waals surface area contributed by atoms with Crippen molar-refractivity contribution in [3.8, 4) is 5.82 Å². The fraction of sp³-hybridized carbons (Fsp3) is 0.125. The van der Waals surface area contributed by atoms with Gasteiger partial charge in [-0.25, -0.2) is 4.98 Å². The first-order chi connectivity index (χ1) is 11.0. The van der Waals surface area contributed by atoms with Gasteiger partial charge in [-0.3, -0.25) is 9.36 Å². The number of hydrogen-bond acceptors (Lipinski definition) is 4. The Morgan fingerprint density at radius 2 is 2.00 bits per heavy atom. The molecule has 3 aromatic rings. The average Bonchev–Trinajstić information content (AvgIpc) is 2.96. The Morgan fingerprint density at radius 1 is 1.17 bits per heavy atom. The molecular weight excluding hydrogens is 358 g/mol. The molecule has 0 unspecified atom stereocenters. The van der Waals surface area contributed by atoms with Gasteiger partial charge in [0.05, 0.1) is 0 Å². The van der Waals surface area contributed by atoms with E-state index in [9.17, 15) is 4.79 Å². The number of nitrogens with zero attached hydrogens (tertiary/aromatic N) is 4. The zero-order valence-electron chi connectivity index (χ0n) is 12.6. The van der Waals surface area contributed by atoms with Crippen LogP contribution in [0.5, 0.6) is 0 Å². The maximum Gasteiger partial charge on any atom is 0.276 e. The average molecular weight is 372 g/mol. The standard InChI is InChI=1S/C16H14BrN5O/c1-10-9-12(17)3-4-13(10)19-16(23)14-5-6-15(21-20-14)22-8-7-18-11(22)2/h3-9H,1-2H3,(H,19,23). The second-order valence-corrected chi connectivity index (χ2v) is 5.95. The van der Waals surface area contributed by atoms with E-state index in [-0.39, 0.29) is 11.6 Å². The van der Waals surface area contributed by atoms with Crippen molar-refractivity contribution in [3.05, 3.63) is 64.3 Å². The smallest absolute Gasteiger partial charge is 0.276 e. The SMILES string of the molecule is Cc1cc(Br)ccc1NC(=O)c1ccc(-n2ccnc2C)nn1. The summed E-state index contributed by atoms with van der Waals surface area (Å²) >= 11 is 3.40.